The van der Waals surface area contributed by atoms with Gasteiger partial charge >= 0.3 is 5.97 Å². The van der Waals surface area contributed by atoms with Crippen molar-refractivity contribution < 1.29 is 27.8 Å². The number of rotatable bonds is 11. The lowest BCUT2D eigenvalue weighted by atomic mass is 10.0. The van der Waals surface area contributed by atoms with Crippen LogP contribution in [0.25, 0.3) is 0 Å². The molecule has 0 saturated carbocycles. The topological polar surface area (TPSA) is 93.1 Å². The maximum Gasteiger partial charge on any atom is 0.325 e. The fraction of sp³-hybridized carbons (Fsp3) is 0.444. The molecule has 188 valence electrons. The molecule has 3 rings (SSSR count). The number of ether oxygens (including phenoxy) is 2. The van der Waals surface area contributed by atoms with Gasteiger partial charge in [-0.05, 0) is 81.7 Å². The monoisotopic (exact) mass is 499 g/mol. The predicted octanol–water partition coefficient (Wildman–Crippen LogP) is 3.81. The number of carboxylic acids is 1. The van der Waals surface area contributed by atoms with Crippen LogP contribution in [0.4, 0.5) is 0 Å². The predicted molar refractivity (Wildman–Crippen MR) is 135 cm³/mol. The quantitative estimate of drug-likeness (QED) is 0.470. The van der Waals surface area contributed by atoms with Crippen LogP contribution < -0.4 is 9.47 Å². The summed E-state index contributed by atoms with van der Waals surface area (Å²) < 4.78 is 35.9. The van der Waals surface area contributed by atoms with Crippen LogP contribution in [0, 0.1) is 11.8 Å². The zero-order valence-electron chi connectivity index (χ0n) is 20.3. The molecule has 0 aromatic heterocycles. The molecule has 1 N–H and O–H groups in total. The molecule has 1 heterocycles. The summed E-state index contributed by atoms with van der Waals surface area (Å²) in [6.07, 6.45) is 3.57. The van der Waals surface area contributed by atoms with Crippen molar-refractivity contribution in [3.63, 3.8) is 0 Å². The molecule has 0 amide bonds. The molecule has 0 aliphatic carbocycles. The second kappa shape index (κ2) is 12.1. The summed E-state index contributed by atoms with van der Waals surface area (Å²) in [5.41, 5.74) is 0.597. The molecule has 1 atom stereocenters. The first-order valence-electron chi connectivity index (χ1n) is 11.8. The molecular formula is C27H33NO6S. The number of likely N-dealkylation sites (tertiary alicyclic amines) is 1. The van der Waals surface area contributed by atoms with Crippen molar-refractivity contribution in [1.82, 2.24) is 4.90 Å². The Hall–Kier alpha value is -3.02. The van der Waals surface area contributed by atoms with E-state index in [4.69, 9.17) is 9.47 Å². The lowest BCUT2D eigenvalue weighted by Gasteiger charge is -2.26. The van der Waals surface area contributed by atoms with Gasteiger partial charge in [0.2, 0.25) is 0 Å². The number of sulfone groups is 1. The fourth-order valence-electron chi connectivity index (χ4n) is 4.02. The van der Waals surface area contributed by atoms with Crippen molar-refractivity contribution in [1.29, 1.82) is 0 Å². The number of hydrogen-bond acceptors (Lipinski definition) is 6. The molecule has 2 aromatic carbocycles. The summed E-state index contributed by atoms with van der Waals surface area (Å²) in [4.78, 5) is 14.5. The van der Waals surface area contributed by atoms with Gasteiger partial charge in [0.15, 0.2) is 14.6 Å². The molecule has 1 unspecified atom stereocenters. The van der Waals surface area contributed by atoms with Crippen molar-refractivity contribution in [2.24, 2.45) is 0 Å². The van der Waals surface area contributed by atoms with Crippen molar-refractivity contribution in [3.05, 3.63) is 54.1 Å². The highest BCUT2D eigenvalue weighted by molar-refractivity contribution is 7.93. The summed E-state index contributed by atoms with van der Waals surface area (Å²) in [5, 5.41) is 9.93. The Bertz CT molecular complexity index is 1140. The molecule has 1 aliphatic heterocycles. The first-order chi connectivity index (χ1) is 16.8. The number of benzene rings is 2. The average molecular weight is 500 g/mol. The maximum absolute atomic E-state index is 13.4. The third-order valence-corrected chi connectivity index (χ3v) is 8.66. The molecule has 2 aromatic rings. The summed E-state index contributed by atoms with van der Waals surface area (Å²) in [5.74, 6) is 5.20. The first kappa shape index (κ1) is 26.6. The van der Waals surface area contributed by atoms with Crippen molar-refractivity contribution in [2.75, 3.05) is 32.8 Å². The number of piperidine rings is 1. The molecule has 0 bridgehead atoms. The molecule has 8 heteroatoms. The maximum atomic E-state index is 13.4. The number of hydrogen-bond donors (Lipinski definition) is 1. The van der Waals surface area contributed by atoms with E-state index in [1.165, 1.54) is 50.5 Å². The van der Waals surface area contributed by atoms with Crippen LogP contribution in [0.1, 0.15) is 38.7 Å². The van der Waals surface area contributed by atoms with E-state index < -0.39 is 20.6 Å². The number of nitrogens with zero attached hydrogens (tertiary/aromatic N) is 1. The van der Waals surface area contributed by atoms with E-state index in [0.29, 0.717) is 23.7 Å². The summed E-state index contributed by atoms with van der Waals surface area (Å²) in [6.45, 7) is 6.78. The molecule has 0 radical (unpaired) electrons. The van der Waals surface area contributed by atoms with Gasteiger partial charge in [-0.15, -0.1) is 5.92 Å². The molecule has 7 nitrogen and oxygen atoms in total. The van der Waals surface area contributed by atoms with Gasteiger partial charge < -0.3 is 14.6 Å². The van der Waals surface area contributed by atoms with E-state index in [1.807, 2.05) is 0 Å². The standard InChI is InChI=1S/C27H33NO6S/c1-3-4-19-33-24-12-14-25(15-13-24)35(31,32)27(2,26(29)30)21-22-8-10-23(11-9-22)34-20-18-28-16-6-5-7-17-28/h8-15H,5-7,16-21H2,1-2H3,(H,29,30). The minimum Gasteiger partial charge on any atom is -0.492 e. The van der Waals surface area contributed by atoms with Gasteiger partial charge in [0, 0.05) is 13.0 Å². The molecule has 1 aliphatic rings. The van der Waals surface area contributed by atoms with Gasteiger partial charge in [0.05, 0.1) is 4.90 Å². The van der Waals surface area contributed by atoms with Crippen LogP contribution in [0.5, 0.6) is 11.5 Å². The van der Waals surface area contributed by atoms with Crippen LogP contribution in [0.15, 0.2) is 53.4 Å². The van der Waals surface area contributed by atoms with Crippen LogP contribution in [0.3, 0.4) is 0 Å². The first-order valence-corrected chi connectivity index (χ1v) is 13.3. The van der Waals surface area contributed by atoms with Gasteiger partial charge in [-0.1, -0.05) is 24.5 Å². The van der Waals surface area contributed by atoms with Crippen molar-refractivity contribution >= 4 is 15.8 Å². The SMILES string of the molecule is CC#CCOc1ccc(S(=O)(=O)C(C)(Cc2ccc(OCCN3CCCCC3)cc2)C(=O)O)cc1. The Morgan fingerprint density at radius 3 is 2.20 bits per heavy atom. The van der Waals surface area contributed by atoms with Gasteiger partial charge in [0.25, 0.3) is 0 Å². The van der Waals surface area contributed by atoms with Crippen LogP contribution in [-0.4, -0.2) is 62.0 Å². The summed E-state index contributed by atoms with van der Waals surface area (Å²) in [7, 11) is -4.20. The molecule has 0 spiro atoms. The van der Waals surface area contributed by atoms with E-state index in [0.717, 1.165) is 19.6 Å². The van der Waals surface area contributed by atoms with Crippen molar-refractivity contribution in [2.45, 2.75) is 49.2 Å². The Kier molecular flexibility index (Phi) is 9.19. The highest BCUT2D eigenvalue weighted by atomic mass is 32.2. The summed E-state index contributed by atoms with van der Waals surface area (Å²) >= 11 is 0. The Morgan fingerprint density at radius 2 is 1.60 bits per heavy atom. The minimum absolute atomic E-state index is 0.0750. The van der Waals surface area contributed by atoms with Crippen LogP contribution in [-0.2, 0) is 21.1 Å². The fourth-order valence-corrected chi connectivity index (χ4v) is 5.62. The van der Waals surface area contributed by atoms with E-state index in [-0.39, 0.29) is 17.9 Å². The van der Waals surface area contributed by atoms with E-state index in [1.54, 1.807) is 31.2 Å². The van der Waals surface area contributed by atoms with Crippen LogP contribution >= 0.6 is 0 Å². The highest BCUT2D eigenvalue weighted by Gasteiger charge is 2.47. The Morgan fingerprint density at radius 1 is 1.00 bits per heavy atom. The largest absolute Gasteiger partial charge is 0.492 e. The third kappa shape index (κ3) is 6.77. The van der Waals surface area contributed by atoms with Gasteiger partial charge in [0.1, 0.15) is 24.7 Å². The zero-order chi connectivity index (χ0) is 25.3. The van der Waals surface area contributed by atoms with Gasteiger partial charge in [-0.3, -0.25) is 9.69 Å². The normalized spacial score (nSPS) is 15.9. The highest BCUT2D eigenvalue weighted by Crippen LogP contribution is 2.31. The zero-order valence-corrected chi connectivity index (χ0v) is 21.1. The Balaban J connectivity index is 1.67. The number of carboxylic acid groups (broad SMARTS) is 1. The second-order valence-corrected chi connectivity index (χ2v) is 11.2. The number of carbonyl (C=O) groups is 1. The van der Waals surface area contributed by atoms with Crippen LogP contribution in [0.2, 0.25) is 0 Å². The molecule has 35 heavy (non-hydrogen) atoms. The molecule has 1 saturated heterocycles. The van der Waals surface area contributed by atoms with Gasteiger partial charge in [-0.2, -0.15) is 0 Å². The molecular weight excluding hydrogens is 466 g/mol. The summed E-state index contributed by atoms with van der Waals surface area (Å²) in [6, 6.07) is 12.7. The molecule has 1 fully saturated rings. The van der Waals surface area contributed by atoms with E-state index in [2.05, 4.69) is 16.7 Å². The third-order valence-electron chi connectivity index (χ3n) is 6.26. The number of aliphatic carboxylic acids is 1. The van der Waals surface area contributed by atoms with Gasteiger partial charge in [-0.25, -0.2) is 8.42 Å². The Labute approximate surface area is 208 Å². The minimum atomic E-state index is -4.20. The lowest BCUT2D eigenvalue weighted by Crippen LogP contribution is -2.45. The van der Waals surface area contributed by atoms with E-state index in [9.17, 15) is 18.3 Å². The lowest BCUT2D eigenvalue weighted by molar-refractivity contribution is -0.139. The smallest absolute Gasteiger partial charge is 0.325 e. The average Bonchev–Trinajstić information content (AvgIpc) is 2.86. The van der Waals surface area contributed by atoms with E-state index >= 15 is 0 Å². The van der Waals surface area contributed by atoms with Crippen molar-refractivity contribution in [3.8, 4) is 23.3 Å². The second-order valence-electron chi connectivity index (χ2n) is 8.80.